The van der Waals surface area contributed by atoms with Crippen molar-refractivity contribution in [1.82, 2.24) is 4.98 Å². The summed E-state index contributed by atoms with van der Waals surface area (Å²) in [7, 11) is 0. The van der Waals surface area contributed by atoms with E-state index in [1.807, 2.05) is 33.0 Å². The Bertz CT molecular complexity index is 985. The lowest BCUT2D eigenvalue weighted by Crippen LogP contribution is -1.99. The maximum Gasteiger partial charge on any atom is 0.116 e. The third-order valence-corrected chi connectivity index (χ3v) is 4.67. The summed E-state index contributed by atoms with van der Waals surface area (Å²) < 4.78 is 0. The number of aliphatic imine (C=N–C) groups is 1. The van der Waals surface area contributed by atoms with E-state index in [1.54, 1.807) is 0 Å². The van der Waals surface area contributed by atoms with Gasteiger partial charge in [-0.25, -0.2) is 0 Å². The van der Waals surface area contributed by atoms with E-state index in [0.29, 0.717) is 0 Å². The van der Waals surface area contributed by atoms with Crippen LogP contribution in [0.25, 0.3) is 0 Å². The van der Waals surface area contributed by atoms with Gasteiger partial charge in [0, 0.05) is 12.4 Å². The molecule has 0 bridgehead atoms. The van der Waals surface area contributed by atoms with Crippen LogP contribution in [0.1, 0.15) is 66.8 Å². The largest absolute Gasteiger partial charge is 0.304 e. The number of benzene rings is 2. The fraction of sp³-hybridized carbons (Fsp3) is 0.300. The summed E-state index contributed by atoms with van der Waals surface area (Å²) in [5, 5.41) is 0. The van der Waals surface area contributed by atoms with Gasteiger partial charge in [-0.05, 0) is 76.3 Å². The Balaban J connectivity index is 0.000000609. The summed E-state index contributed by atoms with van der Waals surface area (Å²) >= 11 is 0. The first kappa shape index (κ1) is 29.7. The van der Waals surface area contributed by atoms with Crippen LogP contribution in [-0.4, -0.2) is 17.0 Å². The number of nitrogens with zero attached hydrogens (tertiary/aromatic N) is 2. The molecule has 0 aliphatic carbocycles. The zero-order valence-electron chi connectivity index (χ0n) is 21.6. The van der Waals surface area contributed by atoms with Crippen LogP contribution in [0.3, 0.4) is 0 Å². The average molecular weight is 445 g/mol. The van der Waals surface area contributed by atoms with Gasteiger partial charge in [-0.3, -0.25) is 9.98 Å². The van der Waals surface area contributed by atoms with E-state index in [1.165, 1.54) is 46.5 Å². The van der Waals surface area contributed by atoms with Crippen molar-refractivity contribution in [3.63, 3.8) is 0 Å². The first-order valence-corrected chi connectivity index (χ1v) is 11.4. The smallest absolute Gasteiger partial charge is 0.116 e. The summed E-state index contributed by atoms with van der Waals surface area (Å²) in [5.74, 6) is 0. The van der Waals surface area contributed by atoms with Crippen LogP contribution in [0.15, 0.2) is 78.6 Å². The molecular formula is C30H40N2O. The van der Waals surface area contributed by atoms with Gasteiger partial charge >= 0.3 is 0 Å². The molecule has 0 fully saturated rings. The van der Waals surface area contributed by atoms with Crippen LogP contribution in [0, 0.1) is 27.7 Å². The summed E-state index contributed by atoms with van der Waals surface area (Å²) in [4.78, 5) is 17.4. The maximum absolute atomic E-state index is 8.81. The van der Waals surface area contributed by atoms with E-state index in [2.05, 4.69) is 92.8 Å². The quantitative estimate of drug-likeness (QED) is 0.304. The van der Waals surface area contributed by atoms with Crippen molar-refractivity contribution in [2.24, 2.45) is 4.99 Å². The Morgan fingerprint density at radius 2 is 1.42 bits per heavy atom. The van der Waals surface area contributed by atoms with Crippen molar-refractivity contribution in [1.29, 1.82) is 0 Å². The van der Waals surface area contributed by atoms with Gasteiger partial charge in [0.05, 0.1) is 11.4 Å². The van der Waals surface area contributed by atoms with Crippen molar-refractivity contribution in [2.45, 2.75) is 61.8 Å². The van der Waals surface area contributed by atoms with Crippen LogP contribution >= 0.6 is 0 Å². The minimum Gasteiger partial charge on any atom is -0.304 e. The average Bonchev–Trinajstić information content (AvgIpc) is 2.81. The summed E-state index contributed by atoms with van der Waals surface area (Å²) in [6.45, 7) is 19.5. The number of rotatable bonds is 4. The van der Waals surface area contributed by atoms with E-state index in [4.69, 9.17) is 4.79 Å². The molecule has 0 radical (unpaired) electrons. The van der Waals surface area contributed by atoms with Gasteiger partial charge in [0.1, 0.15) is 6.29 Å². The van der Waals surface area contributed by atoms with Crippen LogP contribution in [0.2, 0.25) is 0 Å². The Kier molecular flexibility index (Phi) is 15.5. The molecule has 0 unspecified atom stereocenters. The molecule has 3 rings (SSSR count). The van der Waals surface area contributed by atoms with E-state index in [-0.39, 0.29) is 0 Å². The molecule has 0 aliphatic heterocycles. The van der Waals surface area contributed by atoms with Crippen molar-refractivity contribution in [3.05, 3.63) is 113 Å². The zero-order chi connectivity index (χ0) is 25.2. The first-order valence-electron chi connectivity index (χ1n) is 11.4. The van der Waals surface area contributed by atoms with Crippen molar-refractivity contribution in [2.75, 3.05) is 0 Å². The highest BCUT2D eigenvalue weighted by Gasteiger charge is 2.00. The number of hydrogen-bond acceptors (Lipinski definition) is 3. The van der Waals surface area contributed by atoms with Gasteiger partial charge in [-0.2, -0.15) is 0 Å². The number of aromatic nitrogens is 1. The van der Waals surface area contributed by atoms with Crippen LogP contribution in [0.5, 0.6) is 0 Å². The molecule has 0 amide bonds. The molecule has 0 saturated heterocycles. The molecule has 33 heavy (non-hydrogen) atoms. The topological polar surface area (TPSA) is 42.3 Å². The normalized spacial score (nSPS) is 9.76. The Morgan fingerprint density at radius 1 is 0.879 bits per heavy atom. The Morgan fingerprint density at radius 3 is 1.88 bits per heavy atom. The molecule has 0 atom stereocenters. The highest BCUT2D eigenvalue weighted by Crippen LogP contribution is 2.11. The van der Waals surface area contributed by atoms with Gasteiger partial charge in [-0.1, -0.05) is 80.1 Å². The highest BCUT2D eigenvalue weighted by molar-refractivity contribution is 5.97. The minimum absolute atomic E-state index is 0.750. The van der Waals surface area contributed by atoms with Crippen molar-refractivity contribution < 1.29 is 4.79 Å². The summed E-state index contributed by atoms with van der Waals surface area (Å²) in [6, 6.07) is 19.2. The van der Waals surface area contributed by atoms with Crippen molar-refractivity contribution >= 4 is 12.0 Å². The lowest BCUT2D eigenvalue weighted by molar-refractivity contribution is -0.106. The SMILES string of the molecule is C=CN=C(C)c1ccc(Cc2ccc(C)cc2)cn1.CC.CC=O.Cc1ccc(C)c(C)c1. The predicted octanol–water partition coefficient (Wildman–Crippen LogP) is 7.78. The van der Waals surface area contributed by atoms with E-state index < -0.39 is 0 Å². The summed E-state index contributed by atoms with van der Waals surface area (Å²) in [5.41, 5.74) is 9.68. The second-order valence-electron chi connectivity index (χ2n) is 7.43. The number of carbonyl (C=O) groups excluding carboxylic acids is 1. The van der Waals surface area contributed by atoms with E-state index >= 15 is 0 Å². The molecular weight excluding hydrogens is 404 g/mol. The lowest BCUT2D eigenvalue weighted by Gasteiger charge is -2.04. The van der Waals surface area contributed by atoms with Crippen molar-refractivity contribution in [3.8, 4) is 0 Å². The number of pyridine rings is 1. The fourth-order valence-corrected chi connectivity index (χ4v) is 2.78. The maximum atomic E-state index is 8.81. The second-order valence-corrected chi connectivity index (χ2v) is 7.43. The van der Waals surface area contributed by atoms with Gasteiger partial charge in [0.25, 0.3) is 0 Å². The molecule has 3 heteroatoms. The van der Waals surface area contributed by atoms with Gasteiger partial charge < -0.3 is 4.79 Å². The molecule has 0 aliphatic rings. The standard InChI is InChI=1S/C17H18N2.C9H12.C2H4O.C2H6/c1-4-18-14(3)17-10-9-16(12-19-17)11-15-7-5-13(2)6-8-15;1-7-4-5-8(2)9(3)6-7;1-2-3;1-2/h4-10,12H,1,11H2,2-3H3;4-6H,1-3H3;2H,1H3;1-2H3. The molecule has 3 aromatic rings. The minimum atomic E-state index is 0.750. The van der Waals surface area contributed by atoms with E-state index in [9.17, 15) is 0 Å². The Hall–Kier alpha value is -3.33. The van der Waals surface area contributed by atoms with Crippen LogP contribution in [-0.2, 0) is 11.2 Å². The molecule has 3 nitrogen and oxygen atoms in total. The molecule has 0 spiro atoms. The molecule has 0 saturated carbocycles. The third-order valence-electron chi connectivity index (χ3n) is 4.67. The molecule has 1 aromatic heterocycles. The number of carbonyl (C=O) groups is 1. The third kappa shape index (κ3) is 12.3. The van der Waals surface area contributed by atoms with Crippen LogP contribution in [0.4, 0.5) is 0 Å². The van der Waals surface area contributed by atoms with Gasteiger partial charge in [0.2, 0.25) is 0 Å². The molecule has 1 heterocycles. The van der Waals surface area contributed by atoms with Gasteiger partial charge in [-0.15, -0.1) is 0 Å². The van der Waals surface area contributed by atoms with Crippen LogP contribution < -0.4 is 0 Å². The molecule has 2 aromatic carbocycles. The molecule has 0 N–H and O–H groups in total. The van der Waals surface area contributed by atoms with E-state index in [0.717, 1.165) is 24.1 Å². The van der Waals surface area contributed by atoms with Gasteiger partial charge in [0.15, 0.2) is 0 Å². The monoisotopic (exact) mass is 444 g/mol. The number of aldehydes is 1. The summed E-state index contributed by atoms with van der Waals surface area (Å²) in [6.07, 6.45) is 5.11. The number of hydrogen-bond donors (Lipinski definition) is 0. The number of aryl methyl sites for hydroxylation is 4. The zero-order valence-corrected chi connectivity index (χ0v) is 21.6. The fourth-order valence-electron chi connectivity index (χ4n) is 2.78. The lowest BCUT2D eigenvalue weighted by atomic mass is 10.0. The Labute approximate surface area is 201 Å². The highest BCUT2D eigenvalue weighted by atomic mass is 16.1. The second kappa shape index (κ2) is 17.3. The molecule has 176 valence electrons. The first-order chi connectivity index (χ1) is 15.8. The predicted molar refractivity (Wildman–Crippen MR) is 144 cm³/mol.